The van der Waals surface area contributed by atoms with Crippen LogP contribution in [0.5, 0.6) is 0 Å². The van der Waals surface area contributed by atoms with Crippen molar-refractivity contribution in [3.05, 3.63) is 12.4 Å². The molecule has 1 aliphatic rings. The van der Waals surface area contributed by atoms with E-state index in [1.54, 1.807) is 0 Å². The Kier molecular flexibility index (Phi) is 4.19. The molecule has 1 fully saturated rings. The van der Waals surface area contributed by atoms with Crippen LogP contribution in [0.4, 0.5) is 0 Å². The summed E-state index contributed by atoms with van der Waals surface area (Å²) < 4.78 is 50.3. The standard InChI is InChI=1S/C10H18N4O4S2/c1-13(9-2-5-19(15,16)8-9)20(17,18)10-6-12-14(7-10)4-3-11/h6-7,9H,2-5,8,11H2,1H3. The van der Waals surface area contributed by atoms with Crippen molar-refractivity contribution < 1.29 is 16.8 Å². The van der Waals surface area contributed by atoms with Crippen LogP contribution in [-0.4, -0.2) is 62.1 Å². The first-order valence-corrected chi connectivity index (χ1v) is 9.43. The van der Waals surface area contributed by atoms with Crippen molar-refractivity contribution >= 4 is 19.9 Å². The molecular formula is C10H18N4O4S2. The van der Waals surface area contributed by atoms with Crippen LogP contribution < -0.4 is 5.73 Å². The van der Waals surface area contributed by atoms with E-state index in [0.717, 1.165) is 4.31 Å². The molecule has 10 heteroatoms. The molecule has 0 spiro atoms. The summed E-state index contributed by atoms with van der Waals surface area (Å²) in [4.78, 5) is 0.0535. The largest absolute Gasteiger partial charge is 0.329 e. The van der Waals surface area contributed by atoms with Crippen molar-refractivity contribution in [2.75, 3.05) is 25.1 Å². The fourth-order valence-corrected chi connectivity index (χ4v) is 5.37. The van der Waals surface area contributed by atoms with Crippen molar-refractivity contribution in [3.63, 3.8) is 0 Å². The summed E-state index contributed by atoms with van der Waals surface area (Å²) in [6.45, 7) is 0.787. The maximum Gasteiger partial charge on any atom is 0.246 e. The Labute approximate surface area is 118 Å². The molecule has 0 aromatic carbocycles. The zero-order valence-corrected chi connectivity index (χ0v) is 12.8. The molecule has 2 heterocycles. The van der Waals surface area contributed by atoms with Crippen molar-refractivity contribution in [2.24, 2.45) is 5.73 Å². The van der Waals surface area contributed by atoms with E-state index in [1.165, 1.54) is 24.1 Å². The zero-order chi connectivity index (χ0) is 15.0. The summed E-state index contributed by atoms with van der Waals surface area (Å²) in [7, 11) is -5.45. The molecule has 0 amide bonds. The number of sulfone groups is 1. The highest BCUT2D eigenvalue weighted by atomic mass is 32.2. The average molecular weight is 322 g/mol. The van der Waals surface area contributed by atoms with Crippen LogP contribution in [0.2, 0.25) is 0 Å². The molecule has 2 rings (SSSR count). The second-order valence-corrected chi connectivity index (χ2v) is 9.03. The number of rotatable bonds is 5. The first kappa shape index (κ1) is 15.4. The Bertz CT molecular complexity index is 680. The molecule has 1 aromatic rings. The van der Waals surface area contributed by atoms with Crippen LogP contribution in [-0.2, 0) is 26.4 Å². The number of nitrogens with zero attached hydrogens (tertiary/aromatic N) is 3. The van der Waals surface area contributed by atoms with E-state index < -0.39 is 25.9 Å². The van der Waals surface area contributed by atoms with E-state index in [0.29, 0.717) is 19.5 Å². The Hall–Kier alpha value is -0.970. The van der Waals surface area contributed by atoms with Gasteiger partial charge in [-0.15, -0.1) is 0 Å². The Balaban J connectivity index is 2.21. The summed E-state index contributed by atoms with van der Waals surface area (Å²) in [5, 5.41) is 3.92. The third kappa shape index (κ3) is 3.03. The Morgan fingerprint density at radius 3 is 2.80 bits per heavy atom. The Morgan fingerprint density at radius 1 is 1.55 bits per heavy atom. The lowest BCUT2D eigenvalue weighted by Gasteiger charge is -2.21. The van der Waals surface area contributed by atoms with Gasteiger partial charge in [-0.2, -0.15) is 9.40 Å². The van der Waals surface area contributed by atoms with E-state index in [4.69, 9.17) is 5.73 Å². The highest BCUT2D eigenvalue weighted by Gasteiger charge is 2.36. The lowest BCUT2D eigenvalue weighted by Crippen LogP contribution is -2.37. The van der Waals surface area contributed by atoms with Crippen LogP contribution in [0.3, 0.4) is 0 Å². The van der Waals surface area contributed by atoms with Gasteiger partial charge in [0.2, 0.25) is 10.0 Å². The van der Waals surface area contributed by atoms with Crippen LogP contribution >= 0.6 is 0 Å². The molecule has 0 bridgehead atoms. The van der Waals surface area contributed by atoms with Crippen molar-refractivity contribution in [2.45, 2.75) is 23.9 Å². The first-order valence-electron chi connectivity index (χ1n) is 6.17. The number of nitrogens with two attached hydrogens (primary N) is 1. The molecule has 0 radical (unpaired) electrons. The summed E-state index contributed by atoms with van der Waals surface area (Å²) in [6, 6.07) is -0.511. The van der Waals surface area contributed by atoms with Gasteiger partial charge in [-0.05, 0) is 6.42 Å². The molecule has 1 saturated heterocycles. The van der Waals surface area contributed by atoms with E-state index >= 15 is 0 Å². The quantitative estimate of drug-likeness (QED) is 0.716. The summed E-state index contributed by atoms with van der Waals surface area (Å²) in [6.07, 6.45) is 2.99. The third-order valence-corrected chi connectivity index (χ3v) is 6.98. The third-order valence-electron chi connectivity index (χ3n) is 3.37. The topological polar surface area (TPSA) is 115 Å². The number of sulfonamides is 1. The predicted molar refractivity (Wildman–Crippen MR) is 73.3 cm³/mol. The second-order valence-electron chi connectivity index (χ2n) is 4.81. The van der Waals surface area contributed by atoms with Gasteiger partial charge in [-0.3, -0.25) is 4.68 Å². The summed E-state index contributed by atoms with van der Waals surface area (Å²) in [5.41, 5.74) is 5.38. The number of hydrogen-bond acceptors (Lipinski definition) is 6. The first-order chi connectivity index (χ1) is 9.26. The van der Waals surface area contributed by atoms with Gasteiger partial charge in [0.05, 0.1) is 24.2 Å². The molecule has 20 heavy (non-hydrogen) atoms. The molecule has 1 atom stereocenters. The molecule has 8 nitrogen and oxygen atoms in total. The van der Waals surface area contributed by atoms with E-state index in [2.05, 4.69) is 5.10 Å². The molecule has 0 aliphatic carbocycles. The van der Waals surface area contributed by atoms with Crippen LogP contribution in [0.25, 0.3) is 0 Å². The van der Waals surface area contributed by atoms with Gasteiger partial charge >= 0.3 is 0 Å². The van der Waals surface area contributed by atoms with Crippen molar-refractivity contribution in [1.82, 2.24) is 14.1 Å². The van der Waals surface area contributed by atoms with Crippen molar-refractivity contribution in [3.8, 4) is 0 Å². The van der Waals surface area contributed by atoms with E-state index in [1.807, 2.05) is 0 Å². The fourth-order valence-electron chi connectivity index (χ4n) is 2.16. The van der Waals surface area contributed by atoms with Gasteiger partial charge in [-0.1, -0.05) is 0 Å². The Morgan fingerprint density at radius 2 is 2.25 bits per heavy atom. The molecular weight excluding hydrogens is 304 g/mol. The molecule has 1 aromatic heterocycles. The van der Waals surface area contributed by atoms with E-state index in [-0.39, 0.29) is 16.4 Å². The van der Waals surface area contributed by atoms with Gasteiger partial charge in [-0.25, -0.2) is 16.8 Å². The minimum Gasteiger partial charge on any atom is -0.329 e. The smallest absolute Gasteiger partial charge is 0.246 e. The molecule has 114 valence electrons. The fraction of sp³-hybridized carbons (Fsp3) is 0.700. The SMILES string of the molecule is CN(C1CCS(=O)(=O)C1)S(=O)(=O)c1cnn(CCN)c1. The summed E-state index contributed by atoms with van der Waals surface area (Å²) >= 11 is 0. The van der Waals surface area contributed by atoms with Gasteiger partial charge in [0, 0.05) is 25.8 Å². The normalized spacial score (nSPS) is 22.4. The second kappa shape index (κ2) is 5.43. The number of aromatic nitrogens is 2. The predicted octanol–water partition coefficient (Wildman–Crippen LogP) is -1.35. The summed E-state index contributed by atoms with van der Waals surface area (Å²) in [5.74, 6) is -0.0936. The molecule has 1 aliphatic heterocycles. The van der Waals surface area contributed by atoms with Crippen LogP contribution in [0, 0.1) is 0 Å². The van der Waals surface area contributed by atoms with Gasteiger partial charge in [0.1, 0.15) is 4.90 Å². The highest BCUT2D eigenvalue weighted by molar-refractivity contribution is 7.92. The maximum atomic E-state index is 12.4. The maximum absolute atomic E-state index is 12.4. The molecule has 2 N–H and O–H groups in total. The van der Waals surface area contributed by atoms with Gasteiger partial charge < -0.3 is 5.73 Å². The van der Waals surface area contributed by atoms with Crippen molar-refractivity contribution in [1.29, 1.82) is 0 Å². The number of hydrogen-bond donors (Lipinski definition) is 1. The zero-order valence-electron chi connectivity index (χ0n) is 11.1. The highest BCUT2D eigenvalue weighted by Crippen LogP contribution is 2.22. The minimum atomic E-state index is -3.73. The van der Waals surface area contributed by atoms with Gasteiger partial charge in [0.25, 0.3) is 0 Å². The monoisotopic (exact) mass is 322 g/mol. The molecule has 1 unspecified atom stereocenters. The lowest BCUT2D eigenvalue weighted by atomic mass is 10.3. The van der Waals surface area contributed by atoms with Gasteiger partial charge in [0.15, 0.2) is 9.84 Å². The van der Waals surface area contributed by atoms with Crippen LogP contribution in [0.1, 0.15) is 6.42 Å². The molecule has 0 saturated carbocycles. The lowest BCUT2D eigenvalue weighted by molar-refractivity contribution is 0.394. The van der Waals surface area contributed by atoms with Crippen LogP contribution in [0.15, 0.2) is 17.3 Å². The minimum absolute atomic E-state index is 0.0317. The average Bonchev–Trinajstić information content (AvgIpc) is 2.95. The van der Waals surface area contributed by atoms with E-state index in [9.17, 15) is 16.8 Å².